The minimum atomic E-state index is 0.483. The number of anilines is 1. The summed E-state index contributed by atoms with van der Waals surface area (Å²) in [5.41, 5.74) is 3.87. The molecule has 0 aliphatic carbocycles. The third-order valence-corrected chi connectivity index (χ3v) is 4.87. The standard InChI is InChI=1S/C19H20N6O/c1-13-10-24(8-7-20-13)17-5-4-15(9-22-17)25-11-14-12-26-19-16(18(14)23-25)3-2-6-21-19/h2-6,9,11,13,20H,7-8,10,12H2,1H3/t13-/m0/s1. The van der Waals surface area contributed by atoms with Gasteiger partial charge in [-0.2, -0.15) is 5.10 Å². The Morgan fingerprint density at radius 2 is 2.19 bits per heavy atom. The van der Waals surface area contributed by atoms with Crippen molar-refractivity contribution >= 4 is 5.82 Å². The van der Waals surface area contributed by atoms with Crippen LogP contribution in [-0.2, 0) is 6.61 Å². The van der Waals surface area contributed by atoms with Gasteiger partial charge in [0.15, 0.2) is 0 Å². The molecule has 132 valence electrons. The van der Waals surface area contributed by atoms with Gasteiger partial charge < -0.3 is 15.0 Å². The molecule has 5 rings (SSSR count). The zero-order valence-corrected chi connectivity index (χ0v) is 14.6. The van der Waals surface area contributed by atoms with Crippen LogP contribution in [0.1, 0.15) is 12.5 Å². The van der Waals surface area contributed by atoms with Gasteiger partial charge in [-0.15, -0.1) is 0 Å². The van der Waals surface area contributed by atoms with Crippen molar-refractivity contribution in [3.05, 3.63) is 48.4 Å². The molecule has 0 bridgehead atoms. The second kappa shape index (κ2) is 6.10. The Bertz CT molecular complexity index is 935. The van der Waals surface area contributed by atoms with Crippen LogP contribution in [0.2, 0.25) is 0 Å². The molecular weight excluding hydrogens is 328 g/mol. The van der Waals surface area contributed by atoms with E-state index >= 15 is 0 Å². The summed E-state index contributed by atoms with van der Waals surface area (Å²) in [5.74, 6) is 1.66. The second-order valence-corrected chi connectivity index (χ2v) is 6.77. The quantitative estimate of drug-likeness (QED) is 0.764. The average Bonchev–Trinajstić information content (AvgIpc) is 3.13. The van der Waals surface area contributed by atoms with Gasteiger partial charge in [0.05, 0.1) is 17.4 Å². The van der Waals surface area contributed by atoms with Gasteiger partial charge in [-0.05, 0) is 31.2 Å². The summed E-state index contributed by atoms with van der Waals surface area (Å²) in [5, 5.41) is 8.20. The number of nitrogens with zero attached hydrogens (tertiary/aromatic N) is 5. The lowest BCUT2D eigenvalue weighted by Crippen LogP contribution is -2.49. The van der Waals surface area contributed by atoms with E-state index in [-0.39, 0.29) is 0 Å². The third-order valence-electron chi connectivity index (χ3n) is 4.87. The highest BCUT2D eigenvalue weighted by Gasteiger charge is 2.22. The molecule has 5 heterocycles. The Balaban J connectivity index is 1.44. The van der Waals surface area contributed by atoms with Crippen molar-refractivity contribution in [1.82, 2.24) is 25.1 Å². The molecule has 26 heavy (non-hydrogen) atoms. The lowest BCUT2D eigenvalue weighted by molar-refractivity contribution is 0.290. The summed E-state index contributed by atoms with van der Waals surface area (Å²) in [6.07, 6.45) is 5.63. The Hall–Kier alpha value is -2.93. The fraction of sp³-hybridized carbons (Fsp3) is 0.316. The Labute approximate surface area is 151 Å². The number of nitrogens with one attached hydrogen (secondary N) is 1. The molecule has 1 N–H and O–H groups in total. The number of hydrogen-bond donors (Lipinski definition) is 1. The van der Waals surface area contributed by atoms with Gasteiger partial charge in [-0.3, -0.25) is 0 Å². The number of aromatic nitrogens is 4. The fourth-order valence-electron chi connectivity index (χ4n) is 3.55. The van der Waals surface area contributed by atoms with E-state index in [2.05, 4.69) is 39.2 Å². The summed E-state index contributed by atoms with van der Waals surface area (Å²) in [4.78, 5) is 11.2. The van der Waals surface area contributed by atoms with Crippen LogP contribution in [-0.4, -0.2) is 45.4 Å². The van der Waals surface area contributed by atoms with E-state index in [9.17, 15) is 0 Å². The zero-order chi connectivity index (χ0) is 17.5. The fourth-order valence-corrected chi connectivity index (χ4v) is 3.55. The number of hydrogen-bond acceptors (Lipinski definition) is 6. The molecule has 7 heteroatoms. The lowest BCUT2D eigenvalue weighted by atomic mass is 10.1. The maximum atomic E-state index is 5.71. The molecule has 0 amide bonds. The Morgan fingerprint density at radius 1 is 1.23 bits per heavy atom. The normalized spacial score (nSPS) is 18.8. The number of piperazine rings is 1. The number of rotatable bonds is 2. The first-order valence-electron chi connectivity index (χ1n) is 8.89. The van der Waals surface area contributed by atoms with Crippen LogP contribution in [0, 0.1) is 0 Å². The minimum Gasteiger partial charge on any atom is -0.472 e. The average molecular weight is 348 g/mol. The van der Waals surface area contributed by atoms with Crippen LogP contribution in [0.15, 0.2) is 42.9 Å². The molecule has 2 aliphatic heterocycles. The van der Waals surface area contributed by atoms with Gasteiger partial charge in [-0.1, -0.05) is 0 Å². The summed E-state index contributed by atoms with van der Waals surface area (Å²) in [6, 6.07) is 8.52. The van der Waals surface area contributed by atoms with E-state index in [0.29, 0.717) is 18.5 Å². The van der Waals surface area contributed by atoms with Gasteiger partial charge in [0.1, 0.15) is 18.1 Å². The first kappa shape index (κ1) is 15.3. The van der Waals surface area contributed by atoms with E-state index in [0.717, 1.165) is 48.0 Å². The van der Waals surface area contributed by atoms with Crippen LogP contribution >= 0.6 is 0 Å². The molecular formula is C19H20N6O. The van der Waals surface area contributed by atoms with Crippen molar-refractivity contribution in [2.45, 2.75) is 19.6 Å². The van der Waals surface area contributed by atoms with Crippen molar-refractivity contribution in [2.75, 3.05) is 24.5 Å². The van der Waals surface area contributed by atoms with Crippen molar-refractivity contribution in [2.24, 2.45) is 0 Å². The topological polar surface area (TPSA) is 68.1 Å². The Kier molecular flexibility index (Phi) is 3.60. The van der Waals surface area contributed by atoms with Gasteiger partial charge in [0, 0.05) is 43.6 Å². The molecule has 1 fully saturated rings. The van der Waals surface area contributed by atoms with Crippen molar-refractivity contribution in [3.63, 3.8) is 0 Å². The van der Waals surface area contributed by atoms with Gasteiger partial charge in [0.2, 0.25) is 5.88 Å². The van der Waals surface area contributed by atoms with Crippen molar-refractivity contribution in [3.8, 4) is 22.8 Å². The number of ether oxygens (including phenoxy) is 1. The van der Waals surface area contributed by atoms with Crippen molar-refractivity contribution in [1.29, 1.82) is 0 Å². The summed E-state index contributed by atoms with van der Waals surface area (Å²) < 4.78 is 7.58. The van der Waals surface area contributed by atoms with Crippen LogP contribution in [0.5, 0.6) is 5.88 Å². The highest BCUT2D eigenvalue weighted by molar-refractivity contribution is 5.69. The molecule has 0 unspecified atom stereocenters. The predicted molar refractivity (Wildman–Crippen MR) is 98.6 cm³/mol. The molecule has 1 saturated heterocycles. The van der Waals surface area contributed by atoms with Gasteiger partial charge >= 0.3 is 0 Å². The summed E-state index contributed by atoms with van der Waals surface area (Å²) in [6.45, 7) is 5.63. The second-order valence-electron chi connectivity index (χ2n) is 6.77. The SMILES string of the molecule is C[C@H]1CN(c2ccc(-n3cc4c(n3)-c3cccnc3OC4)cn2)CCN1. The molecule has 0 saturated carbocycles. The van der Waals surface area contributed by atoms with E-state index < -0.39 is 0 Å². The lowest BCUT2D eigenvalue weighted by Gasteiger charge is -2.32. The monoisotopic (exact) mass is 348 g/mol. The van der Waals surface area contributed by atoms with E-state index in [1.807, 2.05) is 29.2 Å². The van der Waals surface area contributed by atoms with Gasteiger partial charge in [-0.25, -0.2) is 14.6 Å². The number of fused-ring (bicyclic) bond motifs is 3. The molecule has 0 spiro atoms. The summed E-state index contributed by atoms with van der Waals surface area (Å²) in [7, 11) is 0. The maximum Gasteiger partial charge on any atom is 0.223 e. The predicted octanol–water partition coefficient (Wildman–Crippen LogP) is 2.02. The first-order valence-corrected chi connectivity index (χ1v) is 8.89. The molecule has 0 aromatic carbocycles. The maximum absolute atomic E-state index is 5.71. The van der Waals surface area contributed by atoms with Crippen LogP contribution < -0.4 is 15.0 Å². The largest absolute Gasteiger partial charge is 0.472 e. The molecule has 1 atom stereocenters. The first-order chi connectivity index (χ1) is 12.8. The van der Waals surface area contributed by atoms with E-state index in [4.69, 9.17) is 9.84 Å². The Morgan fingerprint density at radius 3 is 3.04 bits per heavy atom. The molecule has 0 radical (unpaired) electrons. The van der Waals surface area contributed by atoms with E-state index in [1.54, 1.807) is 6.20 Å². The minimum absolute atomic E-state index is 0.483. The van der Waals surface area contributed by atoms with Crippen LogP contribution in [0.4, 0.5) is 5.82 Å². The highest BCUT2D eigenvalue weighted by Crippen LogP contribution is 2.34. The smallest absolute Gasteiger partial charge is 0.223 e. The highest BCUT2D eigenvalue weighted by atomic mass is 16.5. The summed E-state index contributed by atoms with van der Waals surface area (Å²) >= 11 is 0. The molecule has 7 nitrogen and oxygen atoms in total. The van der Waals surface area contributed by atoms with Gasteiger partial charge in [0.25, 0.3) is 0 Å². The van der Waals surface area contributed by atoms with E-state index in [1.165, 1.54) is 0 Å². The number of pyridine rings is 2. The molecule has 2 aliphatic rings. The van der Waals surface area contributed by atoms with Crippen LogP contribution in [0.25, 0.3) is 16.9 Å². The zero-order valence-electron chi connectivity index (χ0n) is 14.6. The molecule has 3 aromatic rings. The molecule has 3 aromatic heterocycles. The third kappa shape index (κ3) is 2.61. The van der Waals surface area contributed by atoms with Crippen molar-refractivity contribution < 1.29 is 4.74 Å². The van der Waals surface area contributed by atoms with Crippen LogP contribution in [0.3, 0.4) is 0 Å².